The van der Waals surface area contributed by atoms with Gasteiger partial charge in [0.1, 0.15) is 0 Å². The highest BCUT2D eigenvalue weighted by molar-refractivity contribution is 7.99. The Balaban J connectivity index is 2.24. The third-order valence-electron chi connectivity index (χ3n) is 3.61. The van der Waals surface area contributed by atoms with E-state index in [0.717, 1.165) is 11.7 Å². The molecule has 0 aromatic rings. The molecule has 1 aliphatic carbocycles. The van der Waals surface area contributed by atoms with Gasteiger partial charge in [-0.05, 0) is 25.8 Å². The minimum absolute atomic E-state index is 0.216. The van der Waals surface area contributed by atoms with Crippen molar-refractivity contribution in [1.82, 2.24) is 10.2 Å². The van der Waals surface area contributed by atoms with E-state index in [2.05, 4.69) is 5.32 Å². The van der Waals surface area contributed by atoms with Crippen LogP contribution in [0.1, 0.15) is 32.1 Å². The van der Waals surface area contributed by atoms with E-state index in [1.54, 1.807) is 16.7 Å². The summed E-state index contributed by atoms with van der Waals surface area (Å²) in [5.74, 6) is 2.70. The number of rotatable bonds is 6. The Hall–Kier alpha value is -0.220. The van der Waals surface area contributed by atoms with Crippen LogP contribution in [0.3, 0.4) is 0 Å². The summed E-state index contributed by atoms with van der Waals surface area (Å²) in [6.07, 6.45) is 6.87. The summed E-state index contributed by atoms with van der Waals surface area (Å²) in [6, 6.07) is 0.579. The van der Waals surface area contributed by atoms with E-state index in [0.29, 0.717) is 11.8 Å². The third-order valence-corrected chi connectivity index (χ3v) is 4.66. The Morgan fingerprint density at radius 1 is 1.35 bits per heavy atom. The summed E-state index contributed by atoms with van der Waals surface area (Å²) >= 11 is 1.76. The molecule has 0 aromatic heterocycles. The topological polar surface area (TPSA) is 32.3 Å². The molecule has 0 aliphatic heterocycles. The maximum atomic E-state index is 11.5. The van der Waals surface area contributed by atoms with E-state index >= 15 is 0 Å². The summed E-state index contributed by atoms with van der Waals surface area (Å²) in [5.41, 5.74) is 0. The molecular formula is C13H26N2OS. The molecule has 1 atom stereocenters. The number of thioether (sulfide) groups is 1. The Morgan fingerprint density at radius 2 is 2.00 bits per heavy atom. The predicted octanol–water partition coefficient (Wildman–Crippen LogP) is 1.98. The van der Waals surface area contributed by atoms with E-state index in [9.17, 15) is 4.79 Å². The molecule has 1 rings (SSSR count). The van der Waals surface area contributed by atoms with Crippen molar-refractivity contribution >= 4 is 17.7 Å². The van der Waals surface area contributed by atoms with Crippen LogP contribution in [0.25, 0.3) is 0 Å². The summed E-state index contributed by atoms with van der Waals surface area (Å²) in [5, 5.41) is 3.43. The highest BCUT2D eigenvalue weighted by atomic mass is 32.2. The molecule has 4 heteroatoms. The molecule has 0 radical (unpaired) electrons. The molecule has 1 fully saturated rings. The molecule has 1 amide bonds. The normalized spacial score (nSPS) is 19.0. The van der Waals surface area contributed by atoms with Crippen molar-refractivity contribution in [3.05, 3.63) is 0 Å². The minimum Gasteiger partial charge on any atom is -0.348 e. The maximum Gasteiger partial charge on any atom is 0.232 e. The van der Waals surface area contributed by atoms with Gasteiger partial charge in [0.05, 0.1) is 5.75 Å². The Kier molecular flexibility index (Phi) is 6.97. The van der Waals surface area contributed by atoms with E-state index in [-0.39, 0.29) is 5.91 Å². The van der Waals surface area contributed by atoms with Crippen molar-refractivity contribution < 1.29 is 4.79 Å². The predicted molar refractivity (Wildman–Crippen MR) is 75.4 cm³/mol. The standard InChI is InChI=1S/C13H26N2OS/c1-14-12(11-7-5-4-6-8-11)9-17-10-13(16)15(2)3/h11-12,14H,4-10H2,1-3H3. The number of nitrogens with one attached hydrogen (secondary N) is 1. The first kappa shape index (κ1) is 14.8. The van der Waals surface area contributed by atoms with Gasteiger partial charge in [-0.1, -0.05) is 19.3 Å². The first-order valence-corrected chi connectivity index (χ1v) is 7.75. The van der Waals surface area contributed by atoms with Gasteiger partial charge in [-0.3, -0.25) is 4.79 Å². The van der Waals surface area contributed by atoms with Crippen LogP contribution >= 0.6 is 11.8 Å². The van der Waals surface area contributed by atoms with E-state index < -0.39 is 0 Å². The van der Waals surface area contributed by atoms with Crippen molar-refractivity contribution in [2.24, 2.45) is 5.92 Å². The maximum absolute atomic E-state index is 11.5. The molecule has 0 spiro atoms. The first-order valence-electron chi connectivity index (χ1n) is 6.60. The van der Waals surface area contributed by atoms with Gasteiger partial charge >= 0.3 is 0 Å². The number of amides is 1. The second-order valence-corrected chi connectivity index (χ2v) is 6.13. The average molecular weight is 258 g/mol. The number of carbonyl (C=O) groups excluding carboxylic acids is 1. The molecule has 17 heavy (non-hydrogen) atoms. The lowest BCUT2D eigenvalue weighted by atomic mass is 9.84. The summed E-state index contributed by atoms with van der Waals surface area (Å²) in [7, 11) is 5.69. The lowest BCUT2D eigenvalue weighted by molar-refractivity contribution is -0.125. The molecule has 1 unspecified atom stereocenters. The minimum atomic E-state index is 0.216. The Morgan fingerprint density at radius 3 is 2.53 bits per heavy atom. The average Bonchev–Trinajstić information content (AvgIpc) is 2.35. The molecule has 0 heterocycles. The van der Waals surface area contributed by atoms with Gasteiger partial charge in [0.15, 0.2) is 0 Å². The van der Waals surface area contributed by atoms with Crippen molar-refractivity contribution in [3.63, 3.8) is 0 Å². The zero-order valence-corrected chi connectivity index (χ0v) is 12.2. The van der Waals surface area contributed by atoms with Crippen LogP contribution in [0.2, 0.25) is 0 Å². The Labute approximate surface area is 110 Å². The monoisotopic (exact) mass is 258 g/mol. The molecule has 0 saturated heterocycles. The molecule has 0 bridgehead atoms. The van der Waals surface area contributed by atoms with Gasteiger partial charge in [0.2, 0.25) is 5.91 Å². The lowest BCUT2D eigenvalue weighted by Gasteiger charge is -2.29. The van der Waals surface area contributed by atoms with Crippen molar-refractivity contribution in [2.45, 2.75) is 38.1 Å². The first-order chi connectivity index (χ1) is 8.15. The molecule has 100 valence electrons. The SMILES string of the molecule is CNC(CSCC(=O)N(C)C)C1CCCCC1. The summed E-state index contributed by atoms with van der Waals surface area (Å²) in [6.45, 7) is 0. The number of hydrogen-bond acceptors (Lipinski definition) is 3. The van der Waals surface area contributed by atoms with Crippen molar-refractivity contribution in [2.75, 3.05) is 32.6 Å². The second-order valence-electron chi connectivity index (χ2n) is 5.10. The number of hydrogen-bond donors (Lipinski definition) is 1. The third kappa shape index (κ3) is 5.30. The van der Waals surface area contributed by atoms with E-state index in [1.807, 2.05) is 21.1 Å². The van der Waals surface area contributed by atoms with Crippen LogP contribution in [0, 0.1) is 5.92 Å². The van der Waals surface area contributed by atoms with Crippen LogP contribution in [0.4, 0.5) is 0 Å². The number of nitrogens with zero attached hydrogens (tertiary/aromatic N) is 1. The highest BCUT2D eigenvalue weighted by Crippen LogP contribution is 2.27. The molecule has 3 nitrogen and oxygen atoms in total. The smallest absolute Gasteiger partial charge is 0.232 e. The second kappa shape index (κ2) is 7.98. The van der Waals surface area contributed by atoms with Gasteiger partial charge in [-0.2, -0.15) is 11.8 Å². The molecule has 1 N–H and O–H groups in total. The van der Waals surface area contributed by atoms with Gasteiger partial charge < -0.3 is 10.2 Å². The molecular weight excluding hydrogens is 232 g/mol. The van der Waals surface area contributed by atoms with E-state index in [4.69, 9.17) is 0 Å². The molecule has 1 saturated carbocycles. The van der Waals surface area contributed by atoms with Crippen molar-refractivity contribution in [3.8, 4) is 0 Å². The fraction of sp³-hybridized carbons (Fsp3) is 0.923. The molecule has 0 aromatic carbocycles. The van der Waals surface area contributed by atoms with Gasteiger partial charge in [-0.25, -0.2) is 0 Å². The lowest BCUT2D eigenvalue weighted by Crippen LogP contribution is -2.37. The van der Waals surface area contributed by atoms with E-state index in [1.165, 1.54) is 32.1 Å². The van der Waals surface area contributed by atoms with Gasteiger partial charge in [0, 0.05) is 25.9 Å². The summed E-state index contributed by atoms with van der Waals surface area (Å²) in [4.78, 5) is 13.1. The van der Waals surface area contributed by atoms with Crippen LogP contribution in [-0.4, -0.2) is 49.5 Å². The fourth-order valence-electron chi connectivity index (χ4n) is 2.39. The highest BCUT2D eigenvalue weighted by Gasteiger charge is 2.22. The zero-order chi connectivity index (χ0) is 12.7. The largest absolute Gasteiger partial charge is 0.348 e. The molecule has 1 aliphatic rings. The Bertz CT molecular complexity index is 227. The van der Waals surface area contributed by atoms with Gasteiger partial charge in [0.25, 0.3) is 0 Å². The van der Waals surface area contributed by atoms with Crippen molar-refractivity contribution in [1.29, 1.82) is 0 Å². The van der Waals surface area contributed by atoms with Crippen LogP contribution < -0.4 is 5.32 Å². The number of carbonyl (C=O) groups is 1. The zero-order valence-electron chi connectivity index (χ0n) is 11.4. The van der Waals surface area contributed by atoms with Gasteiger partial charge in [-0.15, -0.1) is 0 Å². The quantitative estimate of drug-likeness (QED) is 0.790. The van der Waals surface area contributed by atoms with Crippen LogP contribution in [-0.2, 0) is 4.79 Å². The summed E-state index contributed by atoms with van der Waals surface area (Å²) < 4.78 is 0. The van der Waals surface area contributed by atoms with Crippen LogP contribution in [0.15, 0.2) is 0 Å². The van der Waals surface area contributed by atoms with Crippen LogP contribution in [0.5, 0.6) is 0 Å². The fourth-order valence-corrected chi connectivity index (χ4v) is 3.64.